The Morgan fingerprint density at radius 3 is 2.42 bits per heavy atom. The predicted molar refractivity (Wildman–Crippen MR) is 89.9 cm³/mol. The van der Waals surface area contributed by atoms with Crippen molar-refractivity contribution in [3.8, 4) is 0 Å². The molecule has 4 nitrogen and oxygen atoms in total. The van der Waals surface area contributed by atoms with Crippen LogP contribution >= 0.6 is 0 Å². The van der Waals surface area contributed by atoms with E-state index >= 15 is 0 Å². The number of hydrogen-bond donors (Lipinski definition) is 1. The highest BCUT2D eigenvalue weighted by Crippen LogP contribution is 2.55. The molecule has 0 spiro atoms. The van der Waals surface area contributed by atoms with Crippen molar-refractivity contribution in [3.05, 3.63) is 71.8 Å². The van der Waals surface area contributed by atoms with Crippen LogP contribution in [0.15, 0.2) is 60.7 Å². The van der Waals surface area contributed by atoms with E-state index in [0.29, 0.717) is 6.61 Å². The number of amides is 1. The van der Waals surface area contributed by atoms with Crippen LogP contribution in [0.1, 0.15) is 30.5 Å². The molecule has 4 heteroatoms. The molecule has 2 aromatic rings. The lowest BCUT2D eigenvalue weighted by Gasteiger charge is -2.26. The highest BCUT2D eigenvalue weighted by Gasteiger charge is 2.58. The Labute approximate surface area is 141 Å². The highest BCUT2D eigenvalue weighted by molar-refractivity contribution is 5.85. The van der Waals surface area contributed by atoms with Crippen LogP contribution in [-0.4, -0.2) is 28.9 Å². The number of nitrogens with zero attached hydrogens (tertiary/aromatic N) is 1. The first-order valence-corrected chi connectivity index (χ1v) is 8.33. The molecule has 0 aromatic heterocycles. The molecule has 4 rings (SSSR count). The maximum atomic E-state index is 13.1. The largest absolute Gasteiger partial charge is 0.351 e. The minimum atomic E-state index is -1.16. The summed E-state index contributed by atoms with van der Waals surface area (Å²) >= 11 is 0. The van der Waals surface area contributed by atoms with Gasteiger partial charge < -0.3 is 9.84 Å². The lowest BCUT2D eigenvalue weighted by molar-refractivity contribution is -0.167. The third-order valence-corrected chi connectivity index (χ3v) is 5.38. The molecule has 4 atom stereocenters. The first-order valence-electron chi connectivity index (χ1n) is 8.33. The molecule has 1 amide bonds. The van der Waals surface area contributed by atoms with Gasteiger partial charge in [0, 0.05) is 11.3 Å². The fraction of sp³-hybridized carbons (Fsp3) is 0.350. The predicted octanol–water partition coefficient (Wildman–Crippen LogP) is 2.84. The van der Waals surface area contributed by atoms with Crippen molar-refractivity contribution in [1.29, 1.82) is 0 Å². The second-order valence-corrected chi connectivity index (χ2v) is 6.87. The van der Waals surface area contributed by atoms with Gasteiger partial charge in [-0.05, 0) is 17.5 Å². The minimum Gasteiger partial charge on any atom is -0.351 e. The molecule has 2 aromatic carbocycles. The molecule has 1 heterocycles. The Hall–Kier alpha value is -2.17. The van der Waals surface area contributed by atoms with Crippen molar-refractivity contribution in [2.45, 2.75) is 31.2 Å². The minimum absolute atomic E-state index is 0.0276. The SMILES string of the molecule is C[C@@]1(c2ccccc2)C[C@H]1C(=O)N1C(O)OC[C@@H]1c1ccccc1. The van der Waals surface area contributed by atoms with Gasteiger partial charge in [-0.3, -0.25) is 9.69 Å². The van der Waals surface area contributed by atoms with Gasteiger partial charge in [0.15, 0.2) is 0 Å². The van der Waals surface area contributed by atoms with Crippen LogP contribution in [0.2, 0.25) is 0 Å². The molecule has 1 unspecified atom stereocenters. The smallest absolute Gasteiger partial charge is 0.240 e. The van der Waals surface area contributed by atoms with E-state index in [1.165, 1.54) is 10.5 Å². The summed E-state index contributed by atoms with van der Waals surface area (Å²) in [7, 11) is 0. The zero-order valence-corrected chi connectivity index (χ0v) is 13.6. The summed E-state index contributed by atoms with van der Waals surface area (Å²) in [5.74, 6) is -0.136. The Morgan fingerprint density at radius 2 is 1.75 bits per heavy atom. The summed E-state index contributed by atoms with van der Waals surface area (Å²) in [5.41, 5.74) is 2.01. The zero-order chi connectivity index (χ0) is 16.7. The number of benzene rings is 2. The van der Waals surface area contributed by atoms with Gasteiger partial charge in [0.2, 0.25) is 12.3 Å². The number of hydrogen-bond acceptors (Lipinski definition) is 3. The molecule has 0 radical (unpaired) electrons. The van der Waals surface area contributed by atoms with E-state index in [1.807, 2.05) is 48.5 Å². The molecule has 2 aliphatic rings. The van der Waals surface area contributed by atoms with Gasteiger partial charge in [0.25, 0.3) is 0 Å². The maximum Gasteiger partial charge on any atom is 0.240 e. The molecule has 1 saturated heterocycles. The molecule has 1 aliphatic heterocycles. The average molecular weight is 323 g/mol. The van der Waals surface area contributed by atoms with Gasteiger partial charge in [0.05, 0.1) is 12.6 Å². The number of carbonyl (C=O) groups excluding carboxylic acids is 1. The molecule has 0 bridgehead atoms. The fourth-order valence-corrected chi connectivity index (χ4v) is 3.73. The topological polar surface area (TPSA) is 49.8 Å². The quantitative estimate of drug-likeness (QED) is 0.945. The number of aliphatic hydroxyl groups excluding tert-OH is 1. The van der Waals surface area contributed by atoms with Crippen LogP contribution in [-0.2, 0) is 14.9 Å². The Morgan fingerprint density at radius 1 is 1.12 bits per heavy atom. The monoisotopic (exact) mass is 323 g/mol. The van der Waals surface area contributed by atoms with E-state index in [1.54, 1.807) is 0 Å². The molecule has 2 fully saturated rings. The van der Waals surface area contributed by atoms with Crippen LogP contribution in [0.25, 0.3) is 0 Å². The van der Waals surface area contributed by atoms with Crippen molar-refractivity contribution >= 4 is 5.91 Å². The molecular weight excluding hydrogens is 302 g/mol. The average Bonchev–Trinajstić information content (AvgIpc) is 3.18. The summed E-state index contributed by atoms with van der Waals surface area (Å²) < 4.78 is 5.37. The van der Waals surface area contributed by atoms with Crippen molar-refractivity contribution in [2.75, 3.05) is 6.61 Å². The van der Waals surface area contributed by atoms with Gasteiger partial charge in [-0.1, -0.05) is 67.6 Å². The van der Waals surface area contributed by atoms with Crippen molar-refractivity contribution in [1.82, 2.24) is 4.90 Å². The molecule has 1 saturated carbocycles. The molecule has 24 heavy (non-hydrogen) atoms. The molecule has 1 aliphatic carbocycles. The van der Waals surface area contributed by atoms with E-state index in [9.17, 15) is 9.90 Å². The van der Waals surface area contributed by atoms with Gasteiger partial charge in [0.1, 0.15) is 0 Å². The van der Waals surface area contributed by atoms with Gasteiger partial charge in [-0.15, -0.1) is 0 Å². The number of ether oxygens (including phenoxy) is 1. The van der Waals surface area contributed by atoms with Crippen LogP contribution in [0, 0.1) is 5.92 Å². The third-order valence-electron chi connectivity index (χ3n) is 5.38. The van der Waals surface area contributed by atoms with E-state index in [4.69, 9.17) is 4.74 Å². The second-order valence-electron chi connectivity index (χ2n) is 6.87. The lowest BCUT2D eigenvalue weighted by Crippen LogP contribution is -2.40. The van der Waals surface area contributed by atoms with Crippen molar-refractivity contribution < 1.29 is 14.6 Å². The summed E-state index contributed by atoms with van der Waals surface area (Å²) in [6.07, 6.45) is -0.357. The van der Waals surface area contributed by atoms with E-state index in [-0.39, 0.29) is 23.3 Å². The third kappa shape index (κ3) is 2.43. The van der Waals surface area contributed by atoms with Crippen LogP contribution in [0.5, 0.6) is 0 Å². The van der Waals surface area contributed by atoms with Crippen LogP contribution < -0.4 is 0 Å². The lowest BCUT2D eigenvalue weighted by atomic mass is 9.95. The summed E-state index contributed by atoms with van der Waals surface area (Å²) in [6.45, 7) is 2.44. The fourth-order valence-electron chi connectivity index (χ4n) is 3.73. The van der Waals surface area contributed by atoms with Gasteiger partial charge in [-0.2, -0.15) is 0 Å². The van der Waals surface area contributed by atoms with E-state index in [2.05, 4.69) is 19.1 Å². The zero-order valence-electron chi connectivity index (χ0n) is 13.6. The van der Waals surface area contributed by atoms with Crippen molar-refractivity contribution in [2.24, 2.45) is 5.92 Å². The number of aliphatic hydroxyl groups is 1. The number of carbonyl (C=O) groups is 1. The summed E-state index contributed by atoms with van der Waals surface area (Å²) in [6, 6.07) is 19.6. The van der Waals surface area contributed by atoms with Crippen LogP contribution in [0.4, 0.5) is 0 Å². The number of rotatable bonds is 3. The van der Waals surface area contributed by atoms with Crippen molar-refractivity contribution in [3.63, 3.8) is 0 Å². The highest BCUT2D eigenvalue weighted by atomic mass is 16.6. The van der Waals surface area contributed by atoms with Crippen LogP contribution in [0.3, 0.4) is 0 Å². The van der Waals surface area contributed by atoms with E-state index < -0.39 is 6.41 Å². The van der Waals surface area contributed by atoms with Gasteiger partial charge in [-0.25, -0.2) is 0 Å². The molecule has 124 valence electrons. The summed E-state index contributed by atoms with van der Waals surface area (Å²) in [4.78, 5) is 14.6. The van der Waals surface area contributed by atoms with Gasteiger partial charge >= 0.3 is 0 Å². The second kappa shape index (κ2) is 5.72. The Kier molecular flexibility index (Phi) is 3.66. The molecule has 1 N–H and O–H groups in total. The Bertz CT molecular complexity index is 733. The summed E-state index contributed by atoms with van der Waals surface area (Å²) in [5, 5.41) is 10.2. The standard InChI is InChI=1S/C20H21NO3/c1-20(15-10-6-3-7-11-15)12-16(20)18(22)21-17(13-24-19(21)23)14-8-4-2-5-9-14/h2-11,16-17,19,23H,12-13H2,1H3/t16-,17+,19?,20-/m0/s1. The normalized spacial score (nSPS) is 31.9. The maximum absolute atomic E-state index is 13.1. The first kappa shape index (κ1) is 15.4. The Balaban J connectivity index is 1.58. The van der Waals surface area contributed by atoms with E-state index in [0.717, 1.165) is 12.0 Å². The first-order chi connectivity index (χ1) is 11.6. The molecular formula is C20H21NO3.